The Morgan fingerprint density at radius 3 is 3.05 bits per heavy atom. The van der Waals surface area contributed by atoms with Gasteiger partial charge in [0.05, 0.1) is 0 Å². The maximum Gasteiger partial charge on any atom is 0.134 e. The fourth-order valence-corrected chi connectivity index (χ4v) is 3.26. The summed E-state index contributed by atoms with van der Waals surface area (Å²) in [4.78, 5) is 4.47. The first kappa shape index (κ1) is 13.2. The first-order valence-corrected chi connectivity index (χ1v) is 7.60. The molecule has 20 heavy (non-hydrogen) atoms. The molecule has 3 rings (SSSR count). The lowest BCUT2D eigenvalue weighted by Crippen LogP contribution is -2.27. The molecule has 2 N–H and O–H groups in total. The zero-order valence-electron chi connectivity index (χ0n) is 12.0. The number of nitrogens with zero attached hydrogens (tertiary/aromatic N) is 1. The van der Waals surface area contributed by atoms with Crippen LogP contribution in [0, 0.1) is 5.92 Å². The second kappa shape index (κ2) is 5.70. The molecule has 1 aromatic carbocycles. The van der Waals surface area contributed by atoms with Gasteiger partial charge in [-0.15, -0.1) is 0 Å². The second-order valence-corrected chi connectivity index (χ2v) is 5.85. The Hall–Kier alpha value is -1.77. The molecule has 2 unspecified atom stereocenters. The molecule has 0 amide bonds. The van der Waals surface area contributed by atoms with Gasteiger partial charge in [0.15, 0.2) is 0 Å². The van der Waals surface area contributed by atoms with E-state index in [1.807, 2.05) is 18.3 Å². The van der Waals surface area contributed by atoms with E-state index in [1.54, 1.807) is 12.1 Å². The fourth-order valence-electron chi connectivity index (χ4n) is 3.26. The van der Waals surface area contributed by atoms with Crippen molar-refractivity contribution in [3.05, 3.63) is 30.5 Å². The third kappa shape index (κ3) is 2.72. The highest BCUT2D eigenvalue weighted by molar-refractivity contribution is 5.92. The van der Waals surface area contributed by atoms with Gasteiger partial charge in [-0.2, -0.15) is 0 Å². The van der Waals surface area contributed by atoms with Gasteiger partial charge >= 0.3 is 0 Å². The van der Waals surface area contributed by atoms with Crippen LogP contribution >= 0.6 is 0 Å². The molecule has 1 aromatic heterocycles. The number of anilines is 1. The molecule has 3 nitrogen and oxygen atoms in total. The van der Waals surface area contributed by atoms with Crippen molar-refractivity contribution in [2.75, 3.05) is 5.32 Å². The van der Waals surface area contributed by atoms with Gasteiger partial charge in [-0.25, -0.2) is 4.98 Å². The van der Waals surface area contributed by atoms with Crippen LogP contribution in [0.25, 0.3) is 10.8 Å². The van der Waals surface area contributed by atoms with Crippen molar-refractivity contribution < 1.29 is 5.11 Å². The number of phenolic OH excluding ortho intramolecular Hbond substituents is 1. The van der Waals surface area contributed by atoms with Gasteiger partial charge in [0.1, 0.15) is 11.6 Å². The Balaban J connectivity index is 1.85. The minimum atomic E-state index is 0.295. The second-order valence-electron chi connectivity index (χ2n) is 5.85. The molecular weight excluding hydrogens is 248 g/mol. The molecule has 2 atom stereocenters. The zero-order chi connectivity index (χ0) is 13.9. The highest BCUT2D eigenvalue weighted by atomic mass is 16.3. The molecule has 1 aliphatic rings. The van der Waals surface area contributed by atoms with Crippen LogP contribution in [-0.2, 0) is 0 Å². The SMILES string of the molecule is CCC1CCCC(Nc2nccc3ccc(O)cc23)C1. The summed E-state index contributed by atoms with van der Waals surface area (Å²) in [6.45, 7) is 2.28. The highest BCUT2D eigenvalue weighted by Crippen LogP contribution is 2.31. The number of nitrogens with one attached hydrogen (secondary N) is 1. The van der Waals surface area contributed by atoms with E-state index in [0.717, 1.165) is 22.5 Å². The topological polar surface area (TPSA) is 45.2 Å². The Bertz CT molecular complexity index is 597. The molecule has 0 spiro atoms. The quantitative estimate of drug-likeness (QED) is 0.873. The fraction of sp³-hybridized carbons (Fsp3) is 0.471. The van der Waals surface area contributed by atoms with Crippen LogP contribution in [0.2, 0.25) is 0 Å². The summed E-state index contributed by atoms with van der Waals surface area (Å²) in [5, 5.41) is 15.4. The lowest BCUT2D eigenvalue weighted by Gasteiger charge is -2.29. The Labute approximate surface area is 120 Å². The molecule has 0 radical (unpaired) electrons. The van der Waals surface area contributed by atoms with Crippen LogP contribution in [0.1, 0.15) is 39.0 Å². The molecule has 1 heterocycles. The van der Waals surface area contributed by atoms with Crippen molar-refractivity contribution in [2.24, 2.45) is 5.92 Å². The van der Waals surface area contributed by atoms with Crippen LogP contribution in [0.15, 0.2) is 30.5 Å². The average molecular weight is 270 g/mol. The highest BCUT2D eigenvalue weighted by Gasteiger charge is 2.21. The number of aromatic hydroxyl groups is 1. The molecule has 1 aliphatic carbocycles. The summed E-state index contributed by atoms with van der Waals surface area (Å²) in [6, 6.07) is 7.95. The van der Waals surface area contributed by atoms with E-state index in [4.69, 9.17) is 0 Å². The molecule has 1 saturated carbocycles. The number of phenols is 1. The summed E-state index contributed by atoms with van der Waals surface area (Å²) >= 11 is 0. The predicted octanol–water partition coefficient (Wildman–Crippen LogP) is 4.32. The van der Waals surface area contributed by atoms with E-state index >= 15 is 0 Å². The first-order valence-electron chi connectivity index (χ1n) is 7.60. The number of hydrogen-bond donors (Lipinski definition) is 2. The van der Waals surface area contributed by atoms with Gasteiger partial charge in [-0.3, -0.25) is 0 Å². The van der Waals surface area contributed by atoms with E-state index in [0.29, 0.717) is 11.8 Å². The third-order valence-electron chi connectivity index (χ3n) is 4.45. The van der Waals surface area contributed by atoms with Crippen LogP contribution in [0.4, 0.5) is 5.82 Å². The standard InChI is InChI=1S/C17H22N2O/c1-2-12-4-3-5-14(10-12)19-17-16-11-15(20)7-6-13(16)8-9-18-17/h6-9,11-12,14,20H,2-5,10H2,1H3,(H,18,19). The van der Waals surface area contributed by atoms with Gasteiger partial charge < -0.3 is 10.4 Å². The van der Waals surface area contributed by atoms with E-state index in [9.17, 15) is 5.11 Å². The van der Waals surface area contributed by atoms with Crippen LogP contribution in [-0.4, -0.2) is 16.1 Å². The molecule has 3 heteroatoms. The van der Waals surface area contributed by atoms with E-state index < -0.39 is 0 Å². The molecular formula is C17H22N2O. The Morgan fingerprint density at radius 1 is 1.30 bits per heavy atom. The van der Waals surface area contributed by atoms with Crippen molar-refractivity contribution in [1.82, 2.24) is 4.98 Å². The van der Waals surface area contributed by atoms with Gasteiger partial charge in [-0.1, -0.05) is 32.3 Å². The smallest absolute Gasteiger partial charge is 0.134 e. The molecule has 2 aromatic rings. The Morgan fingerprint density at radius 2 is 2.20 bits per heavy atom. The molecule has 0 saturated heterocycles. The zero-order valence-corrected chi connectivity index (χ0v) is 12.0. The molecule has 1 fully saturated rings. The van der Waals surface area contributed by atoms with Crippen molar-refractivity contribution in [1.29, 1.82) is 0 Å². The monoisotopic (exact) mass is 270 g/mol. The minimum absolute atomic E-state index is 0.295. The Kier molecular flexibility index (Phi) is 3.77. The summed E-state index contributed by atoms with van der Waals surface area (Å²) in [5.74, 6) is 2.04. The lowest BCUT2D eigenvalue weighted by atomic mass is 9.84. The van der Waals surface area contributed by atoms with Crippen LogP contribution in [0.3, 0.4) is 0 Å². The number of fused-ring (bicyclic) bond motifs is 1. The number of rotatable bonds is 3. The van der Waals surface area contributed by atoms with Gasteiger partial charge in [0.25, 0.3) is 0 Å². The first-order chi connectivity index (χ1) is 9.76. The van der Waals surface area contributed by atoms with Gasteiger partial charge in [0, 0.05) is 17.6 Å². The number of aromatic nitrogens is 1. The van der Waals surface area contributed by atoms with Crippen molar-refractivity contribution in [2.45, 2.75) is 45.1 Å². The average Bonchev–Trinajstić information content (AvgIpc) is 2.48. The number of benzene rings is 1. The molecule has 0 bridgehead atoms. The predicted molar refractivity (Wildman–Crippen MR) is 83.1 cm³/mol. The number of pyridine rings is 1. The van der Waals surface area contributed by atoms with E-state index in [1.165, 1.54) is 32.1 Å². The van der Waals surface area contributed by atoms with Crippen molar-refractivity contribution in [3.8, 4) is 5.75 Å². The van der Waals surface area contributed by atoms with E-state index in [-0.39, 0.29) is 0 Å². The molecule has 0 aliphatic heterocycles. The lowest BCUT2D eigenvalue weighted by molar-refractivity contribution is 0.327. The summed E-state index contributed by atoms with van der Waals surface area (Å²) < 4.78 is 0. The number of hydrogen-bond acceptors (Lipinski definition) is 3. The normalized spacial score (nSPS) is 22.9. The molecule has 106 valence electrons. The minimum Gasteiger partial charge on any atom is -0.508 e. The van der Waals surface area contributed by atoms with Crippen LogP contribution < -0.4 is 5.32 Å². The summed E-state index contributed by atoms with van der Waals surface area (Å²) in [5.41, 5.74) is 0. The maximum absolute atomic E-state index is 9.69. The van der Waals surface area contributed by atoms with Gasteiger partial charge in [0.2, 0.25) is 0 Å². The van der Waals surface area contributed by atoms with Crippen LogP contribution in [0.5, 0.6) is 5.75 Å². The summed E-state index contributed by atoms with van der Waals surface area (Å²) in [7, 11) is 0. The maximum atomic E-state index is 9.69. The largest absolute Gasteiger partial charge is 0.508 e. The van der Waals surface area contributed by atoms with Crippen molar-refractivity contribution in [3.63, 3.8) is 0 Å². The van der Waals surface area contributed by atoms with Crippen molar-refractivity contribution >= 4 is 16.6 Å². The third-order valence-corrected chi connectivity index (χ3v) is 4.45. The van der Waals surface area contributed by atoms with E-state index in [2.05, 4.69) is 17.2 Å². The summed E-state index contributed by atoms with van der Waals surface area (Å²) in [6.07, 6.45) is 8.20. The van der Waals surface area contributed by atoms with Gasteiger partial charge in [-0.05, 0) is 42.3 Å².